The van der Waals surface area contributed by atoms with E-state index in [1.807, 2.05) is 6.92 Å². The number of hydrogen-bond donors (Lipinski definition) is 3. The number of rotatable bonds is 4. The smallest absolute Gasteiger partial charge is 0.330 e. The van der Waals surface area contributed by atoms with Gasteiger partial charge in [-0.25, -0.2) is 4.79 Å². The molecule has 1 heterocycles. The van der Waals surface area contributed by atoms with E-state index in [9.17, 15) is 9.59 Å². The largest absolute Gasteiger partial charge is 0.383 e. The second kappa shape index (κ2) is 4.65. The number of nitrogen functional groups attached to an aromatic ring is 1. The number of hydrogen-bond acceptors (Lipinski definition) is 4. The van der Waals surface area contributed by atoms with Gasteiger partial charge in [-0.1, -0.05) is 6.92 Å². The predicted octanol–water partition coefficient (Wildman–Crippen LogP) is 0.493. The third kappa shape index (κ3) is 2.20. The van der Waals surface area contributed by atoms with Crippen molar-refractivity contribution in [1.29, 1.82) is 0 Å². The second-order valence-corrected chi connectivity index (χ2v) is 4.44. The number of nitrogens with zero attached hydrogens (tertiary/aromatic N) is 1. The van der Waals surface area contributed by atoms with Crippen LogP contribution >= 0.6 is 0 Å². The van der Waals surface area contributed by atoms with Crippen molar-refractivity contribution in [2.75, 3.05) is 11.1 Å². The maximum atomic E-state index is 11.7. The molecule has 1 aromatic heterocycles. The van der Waals surface area contributed by atoms with Crippen LogP contribution in [0.1, 0.15) is 32.6 Å². The van der Waals surface area contributed by atoms with Gasteiger partial charge in [-0.3, -0.25) is 14.3 Å². The van der Waals surface area contributed by atoms with Crippen LogP contribution in [-0.2, 0) is 6.54 Å². The SMILES string of the molecule is CCCn1c(N)c(NC2CCC2)c(=O)[nH]c1=O. The maximum absolute atomic E-state index is 11.7. The lowest BCUT2D eigenvalue weighted by atomic mass is 9.93. The van der Waals surface area contributed by atoms with Crippen LogP contribution in [-0.4, -0.2) is 15.6 Å². The van der Waals surface area contributed by atoms with Crippen molar-refractivity contribution in [2.24, 2.45) is 0 Å². The lowest BCUT2D eigenvalue weighted by molar-refractivity contribution is 0.444. The molecule has 6 heteroatoms. The zero-order chi connectivity index (χ0) is 12.4. The second-order valence-electron chi connectivity index (χ2n) is 4.44. The van der Waals surface area contributed by atoms with Gasteiger partial charge in [-0.2, -0.15) is 0 Å². The van der Waals surface area contributed by atoms with E-state index < -0.39 is 11.2 Å². The van der Waals surface area contributed by atoms with Crippen molar-refractivity contribution >= 4 is 11.5 Å². The highest BCUT2D eigenvalue weighted by Crippen LogP contribution is 2.23. The lowest BCUT2D eigenvalue weighted by Crippen LogP contribution is -2.37. The van der Waals surface area contributed by atoms with Crippen LogP contribution < -0.4 is 22.3 Å². The van der Waals surface area contributed by atoms with Crippen molar-refractivity contribution in [3.05, 3.63) is 20.8 Å². The number of H-pyrrole nitrogens is 1. The van der Waals surface area contributed by atoms with Gasteiger partial charge in [0.15, 0.2) is 0 Å². The van der Waals surface area contributed by atoms with E-state index in [0.717, 1.165) is 19.3 Å². The highest BCUT2D eigenvalue weighted by molar-refractivity contribution is 5.61. The summed E-state index contributed by atoms with van der Waals surface area (Å²) in [7, 11) is 0. The molecule has 1 aliphatic rings. The third-order valence-corrected chi connectivity index (χ3v) is 3.14. The van der Waals surface area contributed by atoms with Gasteiger partial charge < -0.3 is 11.1 Å². The molecule has 1 aliphatic carbocycles. The minimum absolute atomic E-state index is 0.243. The number of aromatic amines is 1. The lowest BCUT2D eigenvalue weighted by Gasteiger charge is -2.27. The normalized spacial score (nSPS) is 15.6. The highest BCUT2D eigenvalue weighted by atomic mass is 16.2. The Morgan fingerprint density at radius 2 is 2.18 bits per heavy atom. The van der Waals surface area contributed by atoms with Crippen molar-refractivity contribution in [2.45, 2.75) is 45.2 Å². The fourth-order valence-electron chi connectivity index (χ4n) is 1.93. The van der Waals surface area contributed by atoms with Gasteiger partial charge in [-0.05, 0) is 25.7 Å². The molecule has 2 rings (SSSR count). The Kier molecular flexibility index (Phi) is 3.21. The molecule has 17 heavy (non-hydrogen) atoms. The molecule has 0 spiro atoms. The molecule has 4 N–H and O–H groups in total. The molecule has 0 aliphatic heterocycles. The van der Waals surface area contributed by atoms with Gasteiger partial charge in [0.1, 0.15) is 11.5 Å². The fraction of sp³-hybridized carbons (Fsp3) is 0.636. The Bertz CT molecular complexity index is 513. The summed E-state index contributed by atoms with van der Waals surface area (Å²) in [6, 6.07) is 0.311. The zero-order valence-corrected chi connectivity index (χ0v) is 9.95. The first-order chi connectivity index (χ1) is 8.13. The molecule has 1 aromatic rings. The molecule has 0 bridgehead atoms. The first-order valence-electron chi connectivity index (χ1n) is 6.02. The molecule has 0 aromatic carbocycles. The Morgan fingerprint density at radius 1 is 1.47 bits per heavy atom. The summed E-state index contributed by atoms with van der Waals surface area (Å²) >= 11 is 0. The van der Waals surface area contributed by atoms with Gasteiger partial charge in [0.2, 0.25) is 0 Å². The van der Waals surface area contributed by atoms with Crippen LogP contribution in [0, 0.1) is 0 Å². The van der Waals surface area contributed by atoms with Gasteiger partial charge >= 0.3 is 5.69 Å². The highest BCUT2D eigenvalue weighted by Gasteiger charge is 2.20. The fourth-order valence-corrected chi connectivity index (χ4v) is 1.93. The molecular formula is C11H18N4O2. The topological polar surface area (TPSA) is 92.9 Å². The van der Waals surface area contributed by atoms with Crippen LogP contribution in [0.3, 0.4) is 0 Å². The van der Waals surface area contributed by atoms with Crippen molar-refractivity contribution < 1.29 is 0 Å². The maximum Gasteiger partial charge on any atom is 0.330 e. The standard InChI is InChI=1S/C11H18N4O2/c1-2-6-15-9(12)8(10(16)14-11(15)17)13-7-4-3-5-7/h7,13H,2-6,12H2,1H3,(H,14,16,17). The van der Waals surface area contributed by atoms with E-state index >= 15 is 0 Å². The van der Waals surface area contributed by atoms with Crippen LogP contribution in [0.2, 0.25) is 0 Å². The van der Waals surface area contributed by atoms with Gasteiger partial charge in [0, 0.05) is 12.6 Å². The first-order valence-corrected chi connectivity index (χ1v) is 6.02. The Balaban J connectivity index is 2.39. The molecule has 0 amide bonds. The third-order valence-electron chi connectivity index (χ3n) is 3.14. The average Bonchev–Trinajstić information content (AvgIpc) is 2.21. The molecule has 1 saturated carbocycles. The van der Waals surface area contributed by atoms with Crippen LogP contribution in [0.4, 0.5) is 11.5 Å². The summed E-state index contributed by atoms with van der Waals surface area (Å²) in [6.07, 6.45) is 4.06. The molecule has 0 saturated heterocycles. The molecule has 1 fully saturated rings. The van der Waals surface area contributed by atoms with E-state index in [1.54, 1.807) is 0 Å². The van der Waals surface area contributed by atoms with E-state index in [2.05, 4.69) is 10.3 Å². The summed E-state index contributed by atoms with van der Waals surface area (Å²) in [5, 5.41) is 3.11. The monoisotopic (exact) mass is 238 g/mol. The van der Waals surface area contributed by atoms with Crippen LogP contribution in [0.5, 0.6) is 0 Å². The summed E-state index contributed by atoms with van der Waals surface area (Å²) in [4.78, 5) is 25.5. The number of aromatic nitrogens is 2. The minimum Gasteiger partial charge on any atom is -0.383 e. The molecule has 6 nitrogen and oxygen atoms in total. The Hall–Kier alpha value is -1.72. The molecule has 94 valence electrons. The number of anilines is 2. The van der Waals surface area contributed by atoms with Crippen LogP contribution in [0.25, 0.3) is 0 Å². The van der Waals surface area contributed by atoms with E-state index in [-0.39, 0.29) is 5.82 Å². The number of nitrogens with one attached hydrogen (secondary N) is 2. The molecular weight excluding hydrogens is 220 g/mol. The average molecular weight is 238 g/mol. The van der Waals surface area contributed by atoms with E-state index in [4.69, 9.17) is 5.73 Å². The summed E-state index contributed by atoms with van der Waals surface area (Å²) in [6.45, 7) is 2.47. The Morgan fingerprint density at radius 3 is 2.71 bits per heavy atom. The summed E-state index contributed by atoms with van der Waals surface area (Å²) in [5.74, 6) is 0.243. The molecule has 0 radical (unpaired) electrons. The summed E-state index contributed by atoms with van der Waals surface area (Å²) < 4.78 is 1.41. The minimum atomic E-state index is -0.437. The van der Waals surface area contributed by atoms with Gasteiger partial charge in [0.25, 0.3) is 5.56 Å². The van der Waals surface area contributed by atoms with Gasteiger partial charge in [-0.15, -0.1) is 0 Å². The van der Waals surface area contributed by atoms with Crippen molar-refractivity contribution in [3.8, 4) is 0 Å². The van der Waals surface area contributed by atoms with Crippen molar-refractivity contribution in [1.82, 2.24) is 9.55 Å². The summed E-state index contributed by atoms with van der Waals surface area (Å²) in [5.41, 5.74) is 5.35. The van der Waals surface area contributed by atoms with Crippen LogP contribution in [0.15, 0.2) is 9.59 Å². The quantitative estimate of drug-likeness (QED) is 0.711. The van der Waals surface area contributed by atoms with Crippen molar-refractivity contribution in [3.63, 3.8) is 0 Å². The molecule has 0 unspecified atom stereocenters. The predicted molar refractivity (Wildman–Crippen MR) is 67.3 cm³/mol. The first kappa shape index (κ1) is 11.8. The zero-order valence-electron chi connectivity index (χ0n) is 9.95. The Labute approximate surface area is 98.8 Å². The van der Waals surface area contributed by atoms with E-state index in [0.29, 0.717) is 18.3 Å². The number of nitrogens with two attached hydrogens (primary N) is 1. The molecule has 0 atom stereocenters. The van der Waals surface area contributed by atoms with Gasteiger partial charge in [0.05, 0.1) is 0 Å². The van der Waals surface area contributed by atoms with E-state index in [1.165, 1.54) is 11.0 Å².